The molecule has 1 aliphatic rings. The predicted molar refractivity (Wildman–Crippen MR) is 103 cm³/mol. The third-order valence-electron chi connectivity index (χ3n) is 5.23. The molecule has 3 aromatic rings. The molecule has 1 saturated heterocycles. The first-order valence-electron chi connectivity index (χ1n) is 9.26. The SMILES string of the molecule is Cc1ccc(-n2cc(C3CCN(C(=O)c4cccc(F)c4)CC3)cn2)cc1. The monoisotopic (exact) mass is 363 g/mol. The lowest BCUT2D eigenvalue weighted by molar-refractivity contribution is 0.0712. The number of hydrogen-bond acceptors (Lipinski definition) is 2. The average molecular weight is 363 g/mol. The summed E-state index contributed by atoms with van der Waals surface area (Å²) in [5.41, 5.74) is 3.89. The van der Waals surface area contributed by atoms with E-state index in [0.717, 1.165) is 18.5 Å². The number of nitrogens with zero attached hydrogens (tertiary/aromatic N) is 3. The summed E-state index contributed by atoms with van der Waals surface area (Å²) in [5, 5.41) is 4.50. The van der Waals surface area contributed by atoms with E-state index in [1.807, 2.05) is 15.8 Å². The molecule has 1 amide bonds. The van der Waals surface area contributed by atoms with Crippen LogP contribution < -0.4 is 0 Å². The average Bonchev–Trinajstić information content (AvgIpc) is 3.18. The summed E-state index contributed by atoms with van der Waals surface area (Å²) < 4.78 is 15.3. The van der Waals surface area contributed by atoms with E-state index >= 15 is 0 Å². The molecule has 2 aromatic carbocycles. The van der Waals surface area contributed by atoms with E-state index in [-0.39, 0.29) is 11.7 Å². The largest absolute Gasteiger partial charge is 0.339 e. The van der Waals surface area contributed by atoms with Crippen LogP contribution in [0.2, 0.25) is 0 Å². The van der Waals surface area contributed by atoms with Crippen LogP contribution in [0.3, 0.4) is 0 Å². The van der Waals surface area contributed by atoms with Crippen molar-refractivity contribution in [3.63, 3.8) is 0 Å². The maximum absolute atomic E-state index is 13.4. The smallest absolute Gasteiger partial charge is 0.253 e. The molecule has 0 atom stereocenters. The number of carbonyl (C=O) groups excluding carboxylic acids is 1. The van der Waals surface area contributed by atoms with Gasteiger partial charge in [0.05, 0.1) is 11.9 Å². The van der Waals surface area contributed by atoms with Crippen LogP contribution in [0, 0.1) is 12.7 Å². The zero-order valence-corrected chi connectivity index (χ0v) is 15.3. The summed E-state index contributed by atoms with van der Waals surface area (Å²) in [6.45, 7) is 3.42. The highest BCUT2D eigenvalue weighted by Gasteiger charge is 2.25. The van der Waals surface area contributed by atoms with E-state index in [1.165, 1.54) is 23.3 Å². The fraction of sp³-hybridized carbons (Fsp3) is 0.273. The second-order valence-corrected chi connectivity index (χ2v) is 7.13. The molecule has 4 nitrogen and oxygen atoms in total. The highest BCUT2D eigenvalue weighted by molar-refractivity contribution is 5.94. The molecule has 0 saturated carbocycles. The molecule has 138 valence electrons. The van der Waals surface area contributed by atoms with E-state index in [4.69, 9.17) is 0 Å². The Kier molecular flexibility index (Phi) is 4.75. The Bertz CT molecular complexity index is 940. The Morgan fingerprint density at radius 1 is 1.11 bits per heavy atom. The van der Waals surface area contributed by atoms with Gasteiger partial charge in [0, 0.05) is 24.8 Å². The minimum absolute atomic E-state index is 0.0942. The van der Waals surface area contributed by atoms with E-state index in [9.17, 15) is 9.18 Å². The molecule has 27 heavy (non-hydrogen) atoms. The Morgan fingerprint density at radius 2 is 1.85 bits per heavy atom. The number of likely N-dealkylation sites (tertiary alicyclic amines) is 1. The lowest BCUT2D eigenvalue weighted by Crippen LogP contribution is -2.37. The van der Waals surface area contributed by atoms with Crippen LogP contribution in [0.15, 0.2) is 60.9 Å². The summed E-state index contributed by atoms with van der Waals surface area (Å²) in [5.74, 6) is -0.0803. The van der Waals surface area contributed by atoms with Gasteiger partial charge in [-0.15, -0.1) is 0 Å². The molecule has 0 unspecified atom stereocenters. The normalized spacial score (nSPS) is 15.1. The third kappa shape index (κ3) is 3.77. The van der Waals surface area contributed by atoms with Gasteiger partial charge in [0.15, 0.2) is 0 Å². The van der Waals surface area contributed by atoms with E-state index in [2.05, 4.69) is 42.5 Å². The molecule has 0 N–H and O–H groups in total. The Labute approximate surface area is 158 Å². The van der Waals surface area contributed by atoms with Gasteiger partial charge >= 0.3 is 0 Å². The van der Waals surface area contributed by atoms with Gasteiger partial charge in [0.25, 0.3) is 5.91 Å². The number of rotatable bonds is 3. The quantitative estimate of drug-likeness (QED) is 0.694. The van der Waals surface area contributed by atoms with Crippen molar-refractivity contribution < 1.29 is 9.18 Å². The van der Waals surface area contributed by atoms with Gasteiger partial charge < -0.3 is 4.90 Å². The number of hydrogen-bond donors (Lipinski definition) is 0. The number of aryl methyl sites for hydroxylation is 1. The number of halogens is 1. The zero-order valence-electron chi connectivity index (χ0n) is 15.3. The molecule has 1 aromatic heterocycles. The Morgan fingerprint density at radius 3 is 2.56 bits per heavy atom. The topological polar surface area (TPSA) is 38.1 Å². The van der Waals surface area contributed by atoms with Crippen molar-refractivity contribution in [1.82, 2.24) is 14.7 Å². The van der Waals surface area contributed by atoms with Crippen LogP contribution in [0.5, 0.6) is 0 Å². The fourth-order valence-electron chi connectivity index (χ4n) is 3.61. The van der Waals surface area contributed by atoms with Gasteiger partial charge in [-0.25, -0.2) is 9.07 Å². The number of aromatic nitrogens is 2. The highest BCUT2D eigenvalue weighted by Crippen LogP contribution is 2.29. The first-order chi connectivity index (χ1) is 13.1. The number of carbonyl (C=O) groups is 1. The summed E-state index contributed by atoms with van der Waals surface area (Å²) in [6.07, 6.45) is 5.79. The lowest BCUT2D eigenvalue weighted by Gasteiger charge is -2.31. The molecule has 0 radical (unpaired) electrons. The Hall–Kier alpha value is -2.95. The molecule has 1 aliphatic heterocycles. The number of benzene rings is 2. The van der Waals surface area contributed by atoms with Crippen LogP contribution in [0.4, 0.5) is 4.39 Å². The zero-order chi connectivity index (χ0) is 18.8. The second-order valence-electron chi connectivity index (χ2n) is 7.13. The van der Waals surface area contributed by atoms with Gasteiger partial charge in [-0.1, -0.05) is 23.8 Å². The first-order valence-corrected chi connectivity index (χ1v) is 9.26. The van der Waals surface area contributed by atoms with Gasteiger partial charge in [0.1, 0.15) is 5.82 Å². The molecule has 1 fully saturated rings. The van der Waals surface area contributed by atoms with Crippen LogP contribution >= 0.6 is 0 Å². The van der Waals surface area contributed by atoms with Crippen molar-refractivity contribution in [3.05, 3.63) is 83.4 Å². The molecule has 0 aliphatic carbocycles. The standard InChI is InChI=1S/C22H22FN3O/c1-16-5-7-21(8-6-16)26-15-19(14-24-26)17-9-11-25(12-10-17)22(27)18-3-2-4-20(23)13-18/h2-8,13-15,17H,9-12H2,1H3. The summed E-state index contributed by atoms with van der Waals surface area (Å²) in [6, 6.07) is 14.2. The summed E-state index contributed by atoms with van der Waals surface area (Å²) >= 11 is 0. The summed E-state index contributed by atoms with van der Waals surface area (Å²) in [4.78, 5) is 14.4. The minimum atomic E-state index is -0.376. The third-order valence-corrected chi connectivity index (χ3v) is 5.23. The highest BCUT2D eigenvalue weighted by atomic mass is 19.1. The van der Waals surface area contributed by atoms with Crippen LogP contribution in [0.25, 0.3) is 5.69 Å². The van der Waals surface area contributed by atoms with E-state index in [1.54, 1.807) is 12.1 Å². The van der Waals surface area contributed by atoms with Crippen LogP contribution in [-0.2, 0) is 0 Å². The van der Waals surface area contributed by atoms with Crippen LogP contribution in [-0.4, -0.2) is 33.7 Å². The number of piperidine rings is 1. The van der Waals surface area contributed by atoms with Crippen molar-refractivity contribution in [2.45, 2.75) is 25.7 Å². The van der Waals surface area contributed by atoms with Gasteiger partial charge in [0.2, 0.25) is 0 Å². The molecule has 4 rings (SSSR count). The van der Waals surface area contributed by atoms with Crippen molar-refractivity contribution >= 4 is 5.91 Å². The Balaban J connectivity index is 1.41. The maximum Gasteiger partial charge on any atom is 0.253 e. The van der Waals surface area contributed by atoms with Gasteiger partial charge in [-0.3, -0.25) is 4.79 Å². The molecule has 2 heterocycles. The van der Waals surface area contributed by atoms with Gasteiger partial charge in [-0.2, -0.15) is 5.10 Å². The lowest BCUT2D eigenvalue weighted by atomic mass is 9.91. The molecule has 0 spiro atoms. The van der Waals surface area contributed by atoms with Crippen molar-refractivity contribution in [2.24, 2.45) is 0 Å². The minimum Gasteiger partial charge on any atom is -0.339 e. The maximum atomic E-state index is 13.4. The molecular formula is C22H22FN3O. The molecule has 0 bridgehead atoms. The van der Waals surface area contributed by atoms with Crippen LogP contribution in [0.1, 0.15) is 40.2 Å². The first kappa shape index (κ1) is 17.5. The number of amides is 1. The molecule has 5 heteroatoms. The summed E-state index contributed by atoms with van der Waals surface area (Å²) in [7, 11) is 0. The van der Waals surface area contributed by atoms with Crippen molar-refractivity contribution in [2.75, 3.05) is 13.1 Å². The van der Waals surface area contributed by atoms with Crippen molar-refractivity contribution in [1.29, 1.82) is 0 Å². The second kappa shape index (κ2) is 7.35. The van der Waals surface area contributed by atoms with E-state index < -0.39 is 0 Å². The molecular weight excluding hydrogens is 341 g/mol. The fourth-order valence-corrected chi connectivity index (χ4v) is 3.61. The van der Waals surface area contributed by atoms with Crippen molar-refractivity contribution in [3.8, 4) is 5.69 Å². The predicted octanol–water partition coefficient (Wildman–Crippen LogP) is 4.34. The van der Waals surface area contributed by atoms with Gasteiger partial charge in [-0.05, 0) is 61.6 Å². The van der Waals surface area contributed by atoms with E-state index in [0.29, 0.717) is 24.6 Å².